The minimum absolute atomic E-state index is 0.0235. The van der Waals surface area contributed by atoms with Gasteiger partial charge < -0.3 is 25.6 Å². The van der Waals surface area contributed by atoms with Crippen LogP contribution in [0.3, 0.4) is 0 Å². The zero-order valence-corrected chi connectivity index (χ0v) is 15.7. The van der Waals surface area contributed by atoms with E-state index in [4.69, 9.17) is 16.3 Å². The van der Waals surface area contributed by atoms with Gasteiger partial charge in [-0.15, -0.1) is 0 Å². The van der Waals surface area contributed by atoms with E-state index >= 15 is 0 Å². The second-order valence-electron chi connectivity index (χ2n) is 6.64. The highest BCUT2D eigenvalue weighted by Crippen LogP contribution is 2.24. The van der Waals surface area contributed by atoms with Crippen molar-refractivity contribution in [2.75, 3.05) is 19.7 Å². The molecule has 1 aliphatic heterocycles. The lowest BCUT2D eigenvalue weighted by atomic mass is 9.96. The highest BCUT2D eigenvalue weighted by atomic mass is 35.5. The van der Waals surface area contributed by atoms with Crippen LogP contribution in [0.5, 0.6) is 0 Å². The lowest BCUT2D eigenvalue weighted by molar-refractivity contribution is -0.0464. The summed E-state index contributed by atoms with van der Waals surface area (Å²) in [6.45, 7) is -0.375. The predicted octanol–water partition coefficient (Wildman–Crippen LogP) is 0.991. The van der Waals surface area contributed by atoms with E-state index in [-0.39, 0.29) is 36.2 Å². The fourth-order valence-electron chi connectivity index (χ4n) is 2.96. The third kappa shape index (κ3) is 4.51. The number of nitrogens with one attached hydrogen (secondary N) is 2. The Balaban J connectivity index is 1.53. The van der Waals surface area contributed by atoms with Gasteiger partial charge in [-0.25, -0.2) is 0 Å². The van der Waals surface area contributed by atoms with E-state index in [9.17, 15) is 19.8 Å². The van der Waals surface area contributed by atoms with Crippen LogP contribution in [0.2, 0.25) is 5.02 Å². The Hall–Kier alpha value is -2.45. The summed E-state index contributed by atoms with van der Waals surface area (Å²) in [5.41, 5.74) is -0.913. The molecule has 1 aliphatic rings. The summed E-state index contributed by atoms with van der Waals surface area (Å²) in [6.07, 6.45) is -2.08. The zero-order valence-electron chi connectivity index (χ0n) is 15.0. The molecule has 3 atom stereocenters. The van der Waals surface area contributed by atoms with Crippen LogP contribution >= 0.6 is 11.6 Å². The first-order valence-corrected chi connectivity index (χ1v) is 9.16. The van der Waals surface area contributed by atoms with Gasteiger partial charge in [0, 0.05) is 12.1 Å². The molecule has 0 unspecified atom stereocenters. The van der Waals surface area contributed by atoms with Gasteiger partial charge in [-0.3, -0.25) is 9.59 Å². The highest BCUT2D eigenvalue weighted by molar-refractivity contribution is 6.33. The summed E-state index contributed by atoms with van der Waals surface area (Å²) in [7, 11) is 0. The van der Waals surface area contributed by atoms with E-state index in [0.717, 1.165) is 0 Å². The van der Waals surface area contributed by atoms with Crippen LogP contribution in [0, 0.1) is 0 Å². The number of carbonyl (C=O) groups is 2. The quantitative estimate of drug-likeness (QED) is 0.574. The van der Waals surface area contributed by atoms with Crippen LogP contribution in [0.4, 0.5) is 0 Å². The van der Waals surface area contributed by atoms with Crippen LogP contribution in [0.25, 0.3) is 0 Å². The summed E-state index contributed by atoms with van der Waals surface area (Å²) in [5.74, 6) is -0.772. The van der Waals surface area contributed by atoms with Crippen molar-refractivity contribution in [3.05, 3.63) is 70.7 Å². The molecular weight excluding hydrogens is 384 g/mol. The Morgan fingerprint density at radius 2 is 1.75 bits per heavy atom. The molecular formula is C20H21ClN2O5. The van der Waals surface area contributed by atoms with Gasteiger partial charge in [-0.05, 0) is 24.3 Å². The number of ether oxygens (including phenoxy) is 1. The molecule has 0 saturated carbocycles. The van der Waals surface area contributed by atoms with Gasteiger partial charge in [0.15, 0.2) is 0 Å². The summed E-state index contributed by atoms with van der Waals surface area (Å²) in [6, 6.07) is 15.2. The van der Waals surface area contributed by atoms with Crippen molar-refractivity contribution >= 4 is 23.4 Å². The van der Waals surface area contributed by atoms with Crippen LogP contribution in [0.15, 0.2) is 54.6 Å². The van der Waals surface area contributed by atoms with E-state index in [2.05, 4.69) is 10.6 Å². The molecule has 0 spiro atoms. The number of hydrogen-bond donors (Lipinski definition) is 4. The Kier molecular flexibility index (Phi) is 6.31. The summed E-state index contributed by atoms with van der Waals surface area (Å²) < 4.78 is 5.44. The number of amides is 2. The summed E-state index contributed by atoms with van der Waals surface area (Å²) in [4.78, 5) is 24.3. The molecule has 0 aromatic heterocycles. The second kappa shape index (κ2) is 8.70. The number of rotatable bonds is 6. The lowest BCUT2D eigenvalue weighted by Gasteiger charge is -2.26. The van der Waals surface area contributed by atoms with E-state index in [0.29, 0.717) is 5.56 Å². The van der Waals surface area contributed by atoms with Gasteiger partial charge in [0.05, 0.1) is 23.7 Å². The topological polar surface area (TPSA) is 108 Å². The van der Waals surface area contributed by atoms with Gasteiger partial charge in [0.1, 0.15) is 17.8 Å². The van der Waals surface area contributed by atoms with E-state index in [1.807, 2.05) is 0 Å². The zero-order chi connectivity index (χ0) is 20.1. The maximum absolute atomic E-state index is 12.2. The van der Waals surface area contributed by atoms with Crippen molar-refractivity contribution in [3.8, 4) is 0 Å². The molecule has 0 bridgehead atoms. The molecule has 3 rings (SSSR count). The molecule has 8 heteroatoms. The Bertz CT molecular complexity index is 847. The van der Waals surface area contributed by atoms with Gasteiger partial charge >= 0.3 is 0 Å². The number of aliphatic hydroxyl groups excluding tert-OH is 1. The van der Waals surface area contributed by atoms with Gasteiger partial charge in [0.25, 0.3) is 11.8 Å². The third-order valence-corrected chi connectivity index (χ3v) is 4.95. The number of benzene rings is 2. The van der Waals surface area contributed by atoms with Crippen molar-refractivity contribution in [3.63, 3.8) is 0 Å². The largest absolute Gasteiger partial charge is 0.387 e. The van der Waals surface area contributed by atoms with Crippen molar-refractivity contribution in [1.29, 1.82) is 0 Å². The van der Waals surface area contributed by atoms with Gasteiger partial charge in [-0.1, -0.05) is 41.9 Å². The fraction of sp³-hybridized carbons (Fsp3) is 0.300. The monoisotopic (exact) mass is 404 g/mol. The molecule has 4 N–H and O–H groups in total. The molecule has 2 aromatic rings. The lowest BCUT2D eigenvalue weighted by Crippen LogP contribution is -2.53. The Labute approximate surface area is 167 Å². The molecule has 2 amide bonds. The average molecular weight is 405 g/mol. The first kappa shape index (κ1) is 20.3. The van der Waals surface area contributed by atoms with Crippen molar-refractivity contribution < 1.29 is 24.5 Å². The molecule has 1 fully saturated rings. The number of aliphatic hydroxyl groups is 2. The third-order valence-electron chi connectivity index (χ3n) is 4.62. The first-order valence-electron chi connectivity index (χ1n) is 8.79. The molecule has 2 aromatic carbocycles. The number of carbonyl (C=O) groups excluding carboxylic acids is 2. The summed E-state index contributed by atoms with van der Waals surface area (Å²) in [5, 5.41) is 26.6. The maximum Gasteiger partial charge on any atom is 0.252 e. The van der Waals surface area contributed by atoms with E-state index in [1.165, 1.54) is 0 Å². The Morgan fingerprint density at radius 1 is 1.07 bits per heavy atom. The summed E-state index contributed by atoms with van der Waals surface area (Å²) >= 11 is 5.98. The smallest absolute Gasteiger partial charge is 0.252 e. The van der Waals surface area contributed by atoms with E-state index < -0.39 is 23.7 Å². The molecule has 28 heavy (non-hydrogen) atoms. The molecule has 1 heterocycles. The molecule has 1 saturated heterocycles. The Morgan fingerprint density at radius 3 is 2.46 bits per heavy atom. The predicted molar refractivity (Wildman–Crippen MR) is 103 cm³/mol. The fourth-order valence-corrected chi connectivity index (χ4v) is 3.18. The highest BCUT2D eigenvalue weighted by Gasteiger charge is 2.48. The van der Waals surface area contributed by atoms with Crippen molar-refractivity contribution in [2.24, 2.45) is 0 Å². The van der Waals surface area contributed by atoms with Gasteiger partial charge in [-0.2, -0.15) is 0 Å². The normalized spacial score (nSPS) is 24.0. The number of hydrogen-bond acceptors (Lipinski definition) is 5. The minimum atomic E-state index is -1.67. The van der Waals surface area contributed by atoms with Crippen LogP contribution in [0.1, 0.15) is 20.7 Å². The molecule has 7 nitrogen and oxygen atoms in total. The minimum Gasteiger partial charge on any atom is -0.387 e. The van der Waals surface area contributed by atoms with Crippen LogP contribution in [-0.2, 0) is 4.74 Å². The van der Waals surface area contributed by atoms with Crippen LogP contribution < -0.4 is 10.6 Å². The SMILES string of the molecule is O=C(NC[C@H]1OC[C@@](O)(CNC(=O)c2ccccc2Cl)[C@@H]1O)c1ccccc1. The maximum atomic E-state index is 12.2. The first-order chi connectivity index (χ1) is 13.4. The molecule has 0 radical (unpaired) electrons. The van der Waals surface area contributed by atoms with Crippen molar-refractivity contribution in [1.82, 2.24) is 10.6 Å². The molecule has 0 aliphatic carbocycles. The number of halogens is 1. The average Bonchev–Trinajstić information content (AvgIpc) is 3.00. The van der Waals surface area contributed by atoms with Gasteiger partial charge in [0.2, 0.25) is 0 Å². The second-order valence-corrected chi connectivity index (χ2v) is 7.04. The molecule has 148 valence electrons. The standard InChI is InChI=1S/C20H21ClN2O5/c21-15-9-5-4-8-14(15)19(26)23-11-20(27)12-28-16(17(20)24)10-22-18(25)13-6-2-1-3-7-13/h1-9,16-17,24,27H,10-12H2,(H,22,25)(H,23,26)/t16-,17-,20+/m1/s1. The van der Waals surface area contributed by atoms with Crippen LogP contribution in [-0.4, -0.2) is 59.5 Å². The van der Waals surface area contributed by atoms with E-state index in [1.54, 1.807) is 54.6 Å². The van der Waals surface area contributed by atoms with Crippen molar-refractivity contribution in [2.45, 2.75) is 17.8 Å².